The van der Waals surface area contributed by atoms with E-state index in [9.17, 15) is 4.79 Å². The number of hydrogen-bond donors (Lipinski definition) is 1. The van der Waals surface area contributed by atoms with Crippen LogP contribution in [0.25, 0.3) is 6.08 Å². The fourth-order valence-corrected chi connectivity index (χ4v) is 3.69. The Balaban J connectivity index is 1.44. The molecule has 0 unspecified atom stereocenters. The number of methoxy groups -OCH3 is 3. The molecule has 0 fully saturated rings. The summed E-state index contributed by atoms with van der Waals surface area (Å²) in [4.78, 5) is 12.2. The maximum absolute atomic E-state index is 12.2. The fraction of sp³-hybridized carbons (Fsp3) is 0.292. The minimum atomic E-state index is -0.236. The molecule has 2 aromatic carbocycles. The first-order valence-corrected chi connectivity index (χ1v) is 11.5. The Hall–Kier alpha value is -3.66. The summed E-state index contributed by atoms with van der Waals surface area (Å²) >= 11 is 1.53. The third kappa shape index (κ3) is 6.92. The van der Waals surface area contributed by atoms with Crippen LogP contribution in [0.15, 0.2) is 53.7 Å². The summed E-state index contributed by atoms with van der Waals surface area (Å²) in [6.45, 7) is 0.790. The Kier molecular flexibility index (Phi) is 9.21. The number of thioether (sulfide) groups is 1. The van der Waals surface area contributed by atoms with Crippen molar-refractivity contribution in [3.63, 3.8) is 0 Å². The number of nitrogens with one attached hydrogen (secondary N) is 1. The Morgan fingerprint density at radius 1 is 1.00 bits per heavy atom. The molecule has 34 heavy (non-hydrogen) atoms. The molecule has 0 spiro atoms. The zero-order valence-electron chi connectivity index (χ0n) is 19.6. The lowest BCUT2D eigenvalue weighted by atomic mass is 10.2. The summed E-state index contributed by atoms with van der Waals surface area (Å²) in [5.74, 6) is 3.93. The van der Waals surface area contributed by atoms with Gasteiger partial charge in [-0.25, -0.2) is 0 Å². The standard InChI is InChI=1S/C24H28N4O5S/c1-28-22(16-25-23(29)12-6-17-5-11-20(31-3)21(15-17)32-4)26-27-24(28)34-14-13-33-19-9-7-18(30-2)8-10-19/h5-12,15H,13-14,16H2,1-4H3,(H,25,29)/b12-6+. The summed E-state index contributed by atoms with van der Waals surface area (Å²) in [5.41, 5.74) is 0.821. The van der Waals surface area contributed by atoms with E-state index in [0.717, 1.165) is 22.2 Å². The van der Waals surface area contributed by atoms with Crippen molar-refractivity contribution >= 4 is 23.7 Å². The smallest absolute Gasteiger partial charge is 0.244 e. The molecule has 1 aromatic heterocycles. The average molecular weight is 485 g/mol. The summed E-state index contributed by atoms with van der Waals surface area (Å²) < 4.78 is 23.2. The van der Waals surface area contributed by atoms with Crippen LogP contribution in [0.2, 0.25) is 0 Å². The topological polar surface area (TPSA) is 96.7 Å². The van der Waals surface area contributed by atoms with Gasteiger partial charge in [-0.05, 0) is 48.0 Å². The van der Waals surface area contributed by atoms with E-state index < -0.39 is 0 Å². The molecule has 0 aliphatic rings. The molecule has 1 heterocycles. The fourth-order valence-electron chi connectivity index (χ4n) is 2.94. The van der Waals surface area contributed by atoms with Gasteiger partial charge in [0.15, 0.2) is 22.5 Å². The van der Waals surface area contributed by atoms with Crippen molar-refractivity contribution in [3.8, 4) is 23.0 Å². The first kappa shape index (κ1) is 25.0. The van der Waals surface area contributed by atoms with Crippen molar-refractivity contribution in [3.05, 3.63) is 59.9 Å². The Morgan fingerprint density at radius 3 is 2.44 bits per heavy atom. The Morgan fingerprint density at radius 2 is 1.74 bits per heavy atom. The van der Waals surface area contributed by atoms with Crippen LogP contribution in [0.5, 0.6) is 23.0 Å². The molecule has 0 saturated carbocycles. The van der Waals surface area contributed by atoms with Crippen molar-refractivity contribution in [1.82, 2.24) is 20.1 Å². The van der Waals surface area contributed by atoms with E-state index in [-0.39, 0.29) is 12.5 Å². The van der Waals surface area contributed by atoms with Crippen LogP contribution in [-0.4, -0.2) is 54.4 Å². The molecule has 10 heteroatoms. The van der Waals surface area contributed by atoms with Gasteiger partial charge in [0.05, 0.1) is 34.5 Å². The van der Waals surface area contributed by atoms with E-state index in [2.05, 4.69) is 15.5 Å². The molecule has 3 rings (SSSR count). The van der Waals surface area contributed by atoms with E-state index in [1.54, 1.807) is 39.5 Å². The van der Waals surface area contributed by atoms with Gasteiger partial charge in [0.2, 0.25) is 5.91 Å². The maximum Gasteiger partial charge on any atom is 0.244 e. The van der Waals surface area contributed by atoms with Gasteiger partial charge in [-0.3, -0.25) is 4.79 Å². The highest BCUT2D eigenvalue weighted by molar-refractivity contribution is 7.99. The molecule has 1 amide bonds. The molecule has 0 radical (unpaired) electrons. The zero-order chi connectivity index (χ0) is 24.3. The van der Waals surface area contributed by atoms with Crippen molar-refractivity contribution in [2.24, 2.45) is 7.05 Å². The first-order chi connectivity index (χ1) is 16.5. The number of ether oxygens (including phenoxy) is 4. The summed E-state index contributed by atoms with van der Waals surface area (Å²) in [6.07, 6.45) is 3.17. The monoisotopic (exact) mass is 484 g/mol. The van der Waals surface area contributed by atoms with E-state index in [0.29, 0.717) is 29.7 Å². The summed E-state index contributed by atoms with van der Waals surface area (Å²) in [6, 6.07) is 12.9. The van der Waals surface area contributed by atoms with E-state index in [1.807, 2.05) is 41.9 Å². The summed E-state index contributed by atoms with van der Waals surface area (Å²) in [5, 5.41) is 11.9. The molecule has 3 aromatic rings. The third-order valence-electron chi connectivity index (χ3n) is 4.82. The molecular weight excluding hydrogens is 456 g/mol. The van der Waals surface area contributed by atoms with E-state index in [1.165, 1.54) is 17.8 Å². The molecule has 0 aliphatic carbocycles. The number of benzene rings is 2. The number of rotatable bonds is 12. The first-order valence-electron chi connectivity index (χ1n) is 10.5. The van der Waals surface area contributed by atoms with Gasteiger partial charge in [-0.15, -0.1) is 10.2 Å². The lowest BCUT2D eigenvalue weighted by Gasteiger charge is -2.08. The van der Waals surface area contributed by atoms with Gasteiger partial charge in [-0.2, -0.15) is 0 Å². The van der Waals surface area contributed by atoms with Crippen LogP contribution >= 0.6 is 11.8 Å². The lowest BCUT2D eigenvalue weighted by Crippen LogP contribution is -2.22. The quantitative estimate of drug-likeness (QED) is 0.238. The number of aromatic nitrogens is 3. The minimum Gasteiger partial charge on any atom is -0.497 e. The molecular formula is C24H28N4O5S. The molecule has 0 atom stereocenters. The van der Waals surface area contributed by atoms with Crippen LogP contribution in [0.3, 0.4) is 0 Å². The minimum absolute atomic E-state index is 0.236. The average Bonchev–Trinajstić information content (AvgIpc) is 3.23. The van der Waals surface area contributed by atoms with Gasteiger partial charge >= 0.3 is 0 Å². The van der Waals surface area contributed by atoms with Crippen LogP contribution in [-0.2, 0) is 18.4 Å². The predicted molar refractivity (Wildman–Crippen MR) is 131 cm³/mol. The number of amides is 1. The number of carbonyl (C=O) groups excluding carboxylic acids is 1. The summed E-state index contributed by atoms with van der Waals surface area (Å²) in [7, 11) is 6.64. The van der Waals surface area contributed by atoms with Crippen molar-refractivity contribution in [1.29, 1.82) is 0 Å². The van der Waals surface area contributed by atoms with Crippen LogP contribution < -0.4 is 24.3 Å². The maximum atomic E-state index is 12.2. The highest BCUT2D eigenvalue weighted by Gasteiger charge is 2.10. The van der Waals surface area contributed by atoms with E-state index >= 15 is 0 Å². The van der Waals surface area contributed by atoms with Crippen LogP contribution in [0.1, 0.15) is 11.4 Å². The SMILES string of the molecule is COc1ccc(OCCSc2nnc(CNC(=O)/C=C/c3ccc(OC)c(OC)c3)n2C)cc1. The molecule has 180 valence electrons. The molecule has 0 bridgehead atoms. The van der Waals surface area contributed by atoms with Crippen LogP contribution in [0.4, 0.5) is 0 Å². The number of nitrogens with zero attached hydrogens (tertiary/aromatic N) is 3. The van der Waals surface area contributed by atoms with Crippen molar-refractivity contribution in [2.75, 3.05) is 33.7 Å². The largest absolute Gasteiger partial charge is 0.497 e. The predicted octanol–water partition coefficient (Wildman–Crippen LogP) is 3.34. The zero-order valence-corrected chi connectivity index (χ0v) is 20.4. The number of carbonyl (C=O) groups is 1. The normalized spacial score (nSPS) is 10.8. The van der Waals surface area contributed by atoms with Gasteiger partial charge in [0.25, 0.3) is 0 Å². The van der Waals surface area contributed by atoms with Gasteiger partial charge < -0.3 is 28.8 Å². The Bertz CT molecular complexity index is 1120. The molecule has 1 N–H and O–H groups in total. The van der Waals surface area contributed by atoms with E-state index in [4.69, 9.17) is 18.9 Å². The van der Waals surface area contributed by atoms with Gasteiger partial charge in [-0.1, -0.05) is 17.8 Å². The number of hydrogen-bond acceptors (Lipinski definition) is 8. The second-order valence-corrected chi connectivity index (χ2v) is 8.06. The Labute approximate surface area is 203 Å². The second-order valence-electron chi connectivity index (χ2n) is 7.00. The lowest BCUT2D eigenvalue weighted by molar-refractivity contribution is -0.116. The van der Waals surface area contributed by atoms with Crippen LogP contribution in [0, 0.1) is 0 Å². The highest BCUT2D eigenvalue weighted by atomic mass is 32.2. The van der Waals surface area contributed by atoms with Gasteiger partial charge in [0.1, 0.15) is 11.5 Å². The molecule has 0 saturated heterocycles. The third-order valence-corrected chi connectivity index (χ3v) is 5.81. The van der Waals surface area contributed by atoms with Crippen molar-refractivity contribution < 1.29 is 23.7 Å². The molecule has 9 nitrogen and oxygen atoms in total. The molecule has 0 aliphatic heterocycles. The second kappa shape index (κ2) is 12.5. The van der Waals surface area contributed by atoms with Crippen molar-refractivity contribution in [2.45, 2.75) is 11.7 Å². The van der Waals surface area contributed by atoms with Gasteiger partial charge in [0, 0.05) is 18.9 Å². The highest BCUT2D eigenvalue weighted by Crippen LogP contribution is 2.28.